The van der Waals surface area contributed by atoms with E-state index in [1.807, 2.05) is 24.3 Å². The molecule has 1 aliphatic rings. The zero-order chi connectivity index (χ0) is 17.1. The number of hydrogen-bond acceptors (Lipinski definition) is 5. The van der Waals surface area contributed by atoms with E-state index in [2.05, 4.69) is 22.4 Å². The summed E-state index contributed by atoms with van der Waals surface area (Å²) >= 11 is 1.77. The summed E-state index contributed by atoms with van der Waals surface area (Å²) in [7, 11) is 0. The van der Waals surface area contributed by atoms with Gasteiger partial charge >= 0.3 is 5.76 Å². The number of fused-ring (bicyclic) bond motifs is 1. The van der Waals surface area contributed by atoms with E-state index in [0.717, 1.165) is 44.6 Å². The van der Waals surface area contributed by atoms with E-state index in [9.17, 15) is 4.79 Å². The number of rotatable bonds is 7. The van der Waals surface area contributed by atoms with Crippen LogP contribution < -0.4 is 5.76 Å². The van der Waals surface area contributed by atoms with Gasteiger partial charge in [-0.2, -0.15) is 0 Å². The molecule has 0 radical (unpaired) electrons. The summed E-state index contributed by atoms with van der Waals surface area (Å²) < 4.78 is 12.9. The lowest BCUT2D eigenvalue weighted by molar-refractivity contribution is 0.0696. The maximum absolute atomic E-state index is 12.2. The summed E-state index contributed by atoms with van der Waals surface area (Å²) in [5.74, 6) is -0.283. The normalized spacial score (nSPS) is 17.7. The summed E-state index contributed by atoms with van der Waals surface area (Å²) in [4.78, 5) is 15.9. The van der Waals surface area contributed by atoms with Crippen LogP contribution in [0.15, 0.2) is 51.0 Å². The fourth-order valence-electron chi connectivity index (χ4n) is 3.40. The van der Waals surface area contributed by atoms with Crippen molar-refractivity contribution in [2.24, 2.45) is 0 Å². The zero-order valence-corrected chi connectivity index (χ0v) is 14.9. The number of thiophene rings is 1. The van der Waals surface area contributed by atoms with E-state index < -0.39 is 0 Å². The van der Waals surface area contributed by atoms with Crippen LogP contribution in [0, 0.1) is 0 Å². The van der Waals surface area contributed by atoms with Crippen LogP contribution in [0.4, 0.5) is 0 Å². The van der Waals surface area contributed by atoms with E-state index >= 15 is 0 Å². The van der Waals surface area contributed by atoms with Crippen molar-refractivity contribution in [2.75, 3.05) is 19.7 Å². The smallest absolute Gasteiger partial charge is 0.408 e. The first-order valence-electron chi connectivity index (χ1n) is 8.74. The Labute approximate surface area is 150 Å². The van der Waals surface area contributed by atoms with Gasteiger partial charge in [-0.05, 0) is 36.4 Å². The van der Waals surface area contributed by atoms with Crippen LogP contribution >= 0.6 is 11.3 Å². The molecule has 0 saturated carbocycles. The Morgan fingerprint density at radius 2 is 2.16 bits per heavy atom. The molecule has 5 nitrogen and oxygen atoms in total. The first kappa shape index (κ1) is 16.6. The van der Waals surface area contributed by atoms with Crippen LogP contribution in [0.3, 0.4) is 0 Å². The molecule has 0 aliphatic carbocycles. The molecular formula is C19H22N2O3S. The summed E-state index contributed by atoms with van der Waals surface area (Å²) in [6.07, 6.45) is 2.57. The monoisotopic (exact) mass is 358 g/mol. The lowest BCUT2D eigenvalue weighted by Gasteiger charge is -2.24. The molecular weight excluding hydrogens is 336 g/mol. The summed E-state index contributed by atoms with van der Waals surface area (Å²) in [5, 5.41) is 2.10. The molecule has 1 unspecified atom stereocenters. The van der Waals surface area contributed by atoms with Crippen molar-refractivity contribution in [3.63, 3.8) is 0 Å². The molecule has 1 atom stereocenters. The largest absolute Gasteiger partial charge is 0.419 e. The molecule has 25 heavy (non-hydrogen) atoms. The van der Waals surface area contributed by atoms with Gasteiger partial charge in [0.2, 0.25) is 0 Å². The molecule has 1 saturated heterocycles. The molecule has 1 aromatic carbocycles. The van der Waals surface area contributed by atoms with Gasteiger partial charge in [-0.25, -0.2) is 4.79 Å². The van der Waals surface area contributed by atoms with E-state index in [1.165, 1.54) is 4.88 Å². The third kappa shape index (κ3) is 3.86. The van der Waals surface area contributed by atoms with Gasteiger partial charge in [-0.1, -0.05) is 18.2 Å². The molecule has 1 fully saturated rings. The van der Waals surface area contributed by atoms with Crippen molar-refractivity contribution in [2.45, 2.75) is 32.0 Å². The Bertz CT molecular complexity index is 862. The minimum absolute atomic E-state index is 0.283. The number of ether oxygens (including phenoxy) is 1. The van der Waals surface area contributed by atoms with E-state index in [-0.39, 0.29) is 5.76 Å². The molecule has 0 amide bonds. The molecule has 6 heteroatoms. The Balaban J connectivity index is 1.49. The highest BCUT2D eigenvalue weighted by atomic mass is 32.1. The summed E-state index contributed by atoms with van der Waals surface area (Å²) in [6.45, 7) is 4.07. The molecule has 0 spiro atoms. The van der Waals surface area contributed by atoms with E-state index in [0.29, 0.717) is 18.2 Å². The Morgan fingerprint density at radius 3 is 2.96 bits per heavy atom. The van der Waals surface area contributed by atoms with Crippen LogP contribution in [-0.2, 0) is 17.8 Å². The minimum Gasteiger partial charge on any atom is -0.408 e. The van der Waals surface area contributed by atoms with Crippen LogP contribution in [0.1, 0.15) is 17.7 Å². The highest BCUT2D eigenvalue weighted by molar-refractivity contribution is 7.09. The predicted molar refractivity (Wildman–Crippen MR) is 99.0 cm³/mol. The number of para-hydroxylation sites is 2. The van der Waals surface area contributed by atoms with Gasteiger partial charge in [0.05, 0.1) is 11.6 Å². The first-order chi connectivity index (χ1) is 12.3. The van der Waals surface area contributed by atoms with E-state index in [1.54, 1.807) is 15.9 Å². The number of oxazole rings is 1. The molecule has 0 bridgehead atoms. The van der Waals surface area contributed by atoms with Gasteiger partial charge in [-0.15, -0.1) is 11.3 Å². The summed E-state index contributed by atoms with van der Waals surface area (Å²) in [6, 6.07) is 11.8. The molecule has 3 aromatic rings. The quantitative estimate of drug-likeness (QED) is 0.650. The van der Waals surface area contributed by atoms with Gasteiger partial charge in [-0.3, -0.25) is 9.47 Å². The van der Waals surface area contributed by atoms with Crippen molar-refractivity contribution in [1.29, 1.82) is 0 Å². The van der Waals surface area contributed by atoms with Crippen molar-refractivity contribution in [3.05, 3.63) is 57.2 Å². The van der Waals surface area contributed by atoms with Gasteiger partial charge in [0, 0.05) is 37.7 Å². The predicted octanol–water partition coefficient (Wildman–Crippen LogP) is 3.34. The fourth-order valence-corrected chi connectivity index (χ4v) is 4.15. The Hall–Kier alpha value is -1.89. The van der Waals surface area contributed by atoms with E-state index in [4.69, 9.17) is 9.15 Å². The number of hydrogen-bond donors (Lipinski definition) is 0. The SMILES string of the molecule is O=c1oc2ccccc2n1CCN(Cc1cccs1)CC1CCCO1. The van der Waals surface area contributed by atoms with Crippen LogP contribution in [0.2, 0.25) is 0 Å². The Kier molecular flexibility index (Phi) is 5.01. The molecule has 2 aromatic heterocycles. The van der Waals surface area contributed by atoms with Gasteiger partial charge in [0.25, 0.3) is 0 Å². The van der Waals surface area contributed by atoms with Crippen LogP contribution in [-0.4, -0.2) is 35.3 Å². The van der Waals surface area contributed by atoms with Crippen LogP contribution in [0.5, 0.6) is 0 Å². The molecule has 4 rings (SSSR count). The lowest BCUT2D eigenvalue weighted by atomic mass is 10.2. The molecule has 0 N–H and O–H groups in total. The zero-order valence-electron chi connectivity index (χ0n) is 14.1. The highest BCUT2D eigenvalue weighted by Crippen LogP contribution is 2.18. The van der Waals surface area contributed by atoms with Crippen molar-refractivity contribution >= 4 is 22.4 Å². The fraction of sp³-hybridized carbons (Fsp3) is 0.421. The second-order valence-corrected chi connectivity index (χ2v) is 7.47. The lowest BCUT2D eigenvalue weighted by Crippen LogP contribution is -2.35. The highest BCUT2D eigenvalue weighted by Gasteiger charge is 2.20. The number of nitrogens with zero attached hydrogens (tertiary/aromatic N) is 2. The molecule has 132 valence electrons. The average molecular weight is 358 g/mol. The van der Waals surface area contributed by atoms with Crippen molar-refractivity contribution in [1.82, 2.24) is 9.47 Å². The third-order valence-electron chi connectivity index (χ3n) is 4.66. The number of benzene rings is 1. The minimum atomic E-state index is -0.283. The Morgan fingerprint density at radius 1 is 1.24 bits per heavy atom. The second-order valence-electron chi connectivity index (χ2n) is 6.44. The average Bonchev–Trinajstić information content (AvgIpc) is 3.34. The van der Waals surface area contributed by atoms with Crippen molar-refractivity contribution in [3.8, 4) is 0 Å². The molecule has 3 heterocycles. The number of aromatic nitrogens is 1. The van der Waals surface area contributed by atoms with Gasteiger partial charge < -0.3 is 9.15 Å². The van der Waals surface area contributed by atoms with Crippen LogP contribution in [0.25, 0.3) is 11.1 Å². The van der Waals surface area contributed by atoms with Crippen molar-refractivity contribution < 1.29 is 9.15 Å². The van der Waals surface area contributed by atoms with Gasteiger partial charge in [0.15, 0.2) is 5.58 Å². The maximum atomic E-state index is 12.2. The van der Waals surface area contributed by atoms with Gasteiger partial charge in [0.1, 0.15) is 0 Å². The topological polar surface area (TPSA) is 47.6 Å². The maximum Gasteiger partial charge on any atom is 0.419 e. The molecule has 1 aliphatic heterocycles. The standard InChI is InChI=1S/C19H22N2O3S/c22-19-21(17-7-1-2-8-18(17)24-19)10-9-20(13-15-5-3-11-23-15)14-16-6-4-12-25-16/h1-2,4,6-8,12,15H,3,5,9-11,13-14H2. The summed E-state index contributed by atoms with van der Waals surface area (Å²) in [5.41, 5.74) is 1.51. The third-order valence-corrected chi connectivity index (χ3v) is 5.52. The second kappa shape index (κ2) is 7.56. The first-order valence-corrected chi connectivity index (χ1v) is 9.62.